The molecule has 0 aliphatic rings. The molecule has 2 rings (SSSR count). The van der Waals surface area contributed by atoms with Gasteiger partial charge in [-0.25, -0.2) is 4.39 Å². The maximum Gasteiger partial charge on any atom is 0.251 e. The fourth-order valence-electron chi connectivity index (χ4n) is 2.02. The van der Waals surface area contributed by atoms with Gasteiger partial charge < -0.3 is 15.7 Å². The van der Waals surface area contributed by atoms with Gasteiger partial charge in [-0.3, -0.25) is 9.59 Å². The summed E-state index contributed by atoms with van der Waals surface area (Å²) in [5.41, 5.74) is 2.08. The lowest BCUT2D eigenvalue weighted by Gasteiger charge is -2.06. The molecule has 132 valence electrons. The zero-order chi connectivity index (χ0) is 18.1. The predicted octanol–water partition coefficient (Wildman–Crippen LogP) is 2.42. The molecule has 2 amide bonds. The van der Waals surface area contributed by atoms with E-state index >= 15 is 0 Å². The average molecular weight is 362 g/mol. The van der Waals surface area contributed by atoms with Crippen molar-refractivity contribution in [2.24, 2.45) is 0 Å². The van der Waals surface area contributed by atoms with Crippen LogP contribution in [0.5, 0.6) is 0 Å². The smallest absolute Gasteiger partial charge is 0.251 e. The summed E-state index contributed by atoms with van der Waals surface area (Å²) in [6.07, 6.45) is 0. The van der Waals surface area contributed by atoms with Crippen molar-refractivity contribution < 1.29 is 19.1 Å². The molecule has 0 unspecified atom stereocenters. The highest BCUT2D eigenvalue weighted by Crippen LogP contribution is 2.14. The van der Waals surface area contributed by atoms with Crippen LogP contribution in [-0.4, -0.2) is 35.8 Å². The lowest BCUT2D eigenvalue weighted by atomic mass is 10.1. The Balaban J connectivity index is 1.74. The molecule has 0 radical (unpaired) electrons. The molecule has 0 aliphatic carbocycles. The lowest BCUT2D eigenvalue weighted by molar-refractivity contribution is -0.113. The summed E-state index contributed by atoms with van der Waals surface area (Å²) >= 11 is 1.45. The molecule has 0 saturated heterocycles. The molecule has 2 aromatic carbocycles. The van der Waals surface area contributed by atoms with Crippen LogP contribution in [-0.2, 0) is 10.5 Å². The van der Waals surface area contributed by atoms with Crippen LogP contribution in [0, 0.1) is 5.82 Å². The average Bonchev–Trinajstić information content (AvgIpc) is 2.62. The number of aliphatic hydroxyl groups excluding tert-OH is 1. The highest BCUT2D eigenvalue weighted by atomic mass is 32.2. The van der Waals surface area contributed by atoms with Gasteiger partial charge in [0.25, 0.3) is 5.91 Å². The predicted molar refractivity (Wildman–Crippen MR) is 97.1 cm³/mol. The number of anilines is 1. The monoisotopic (exact) mass is 362 g/mol. The number of rotatable bonds is 8. The molecule has 0 fully saturated rings. The van der Waals surface area contributed by atoms with Crippen LogP contribution >= 0.6 is 11.8 Å². The second-order valence-electron chi connectivity index (χ2n) is 5.22. The Labute approximate surface area is 149 Å². The maximum absolute atomic E-state index is 12.8. The van der Waals surface area contributed by atoms with Crippen LogP contribution in [0.3, 0.4) is 0 Å². The van der Waals surface area contributed by atoms with Gasteiger partial charge in [0.15, 0.2) is 0 Å². The number of carbonyl (C=O) groups is 2. The first-order chi connectivity index (χ1) is 12.1. The minimum Gasteiger partial charge on any atom is -0.395 e. The number of thioether (sulfide) groups is 1. The van der Waals surface area contributed by atoms with Crippen molar-refractivity contribution in [3.63, 3.8) is 0 Å². The Morgan fingerprint density at radius 1 is 1.04 bits per heavy atom. The van der Waals surface area contributed by atoms with E-state index in [1.165, 1.54) is 36.0 Å². The van der Waals surface area contributed by atoms with Gasteiger partial charge in [0.2, 0.25) is 5.91 Å². The zero-order valence-corrected chi connectivity index (χ0v) is 14.3. The number of aliphatic hydroxyl groups is 1. The molecule has 0 spiro atoms. The minimum atomic E-state index is -0.346. The lowest BCUT2D eigenvalue weighted by Crippen LogP contribution is -2.26. The van der Waals surface area contributed by atoms with Gasteiger partial charge in [0.05, 0.1) is 12.4 Å². The summed E-state index contributed by atoms with van der Waals surface area (Å²) in [6.45, 7) is 0.125. The summed E-state index contributed by atoms with van der Waals surface area (Å²) in [6, 6.07) is 12.7. The third-order valence-corrected chi connectivity index (χ3v) is 4.25. The van der Waals surface area contributed by atoms with E-state index in [1.54, 1.807) is 12.1 Å². The second kappa shape index (κ2) is 9.80. The standard InChI is InChI=1S/C18H19FN2O3S/c19-15-5-7-16(8-6-15)21-17(23)12-25-11-13-1-3-14(4-2-13)18(24)20-9-10-22/h1-8,22H,9-12H2,(H,20,24)(H,21,23). The first-order valence-corrected chi connectivity index (χ1v) is 8.85. The Hall–Kier alpha value is -2.38. The van der Waals surface area contributed by atoms with E-state index in [9.17, 15) is 14.0 Å². The van der Waals surface area contributed by atoms with Gasteiger partial charge in [-0.15, -0.1) is 11.8 Å². The van der Waals surface area contributed by atoms with Crippen molar-refractivity contribution in [2.75, 3.05) is 24.2 Å². The van der Waals surface area contributed by atoms with Crippen LogP contribution in [0.25, 0.3) is 0 Å². The van der Waals surface area contributed by atoms with Gasteiger partial charge in [-0.1, -0.05) is 12.1 Å². The second-order valence-corrected chi connectivity index (χ2v) is 6.21. The Morgan fingerprint density at radius 2 is 1.72 bits per heavy atom. The summed E-state index contributed by atoms with van der Waals surface area (Å²) in [7, 11) is 0. The van der Waals surface area contributed by atoms with Crippen molar-refractivity contribution >= 4 is 29.3 Å². The number of hydrogen-bond acceptors (Lipinski definition) is 4. The van der Waals surface area contributed by atoms with Crippen molar-refractivity contribution in [3.8, 4) is 0 Å². The Morgan fingerprint density at radius 3 is 2.36 bits per heavy atom. The highest BCUT2D eigenvalue weighted by Gasteiger charge is 2.06. The largest absolute Gasteiger partial charge is 0.395 e. The Bertz CT molecular complexity index is 705. The van der Waals surface area contributed by atoms with Crippen LogP contribution < -0.4 is 10.6 Å². The molecule has 5 nitrogen and oxygen atoms in total. The molecule has 0 aliphatic heterocycles. The van der Waals surface area contributed by atoms with E-state index in [2.05, 4.69) is 10.6 Å². The summed E-state index contributed by atoms with van der Waals surface area (Å²) in [4.78, 5) is 23.5. The molecule has 3 N–H and O–H groups in total. The molecule has 0 heterocycles. The molecule has 2 aromatic rings. The fraction of sp³-hybridized carbons (Fsp3) is 0.222. The minimum absolute atomic E-state index is 0.0968. The first kappa shape index (κ1) is 19.0. The van der Waals surface area contributed by atoms with E-state index in [4.69, 9.17) is 5.11 Å². The molecule has 0 atom stereocenters. The van der Waals surface area contributed by atoms with E-state index in [0.29, 0.717) is 17.0 Å². The van der Waals surface area contributed by atoms with E-state index in [-0.39, 0.29) is 36.5 Å². The van der Waals surface area contributed by atoms with Crippen molar-refractivity contribution in [2.45, 2.75) is 5.75 Å². The van der Waals surface area contributed by atoms with E-state index in [1.807, 2.05) is 12.1 Å². The number of amides is 2. The van der Waals surface area contributed by atoms with Gasteiger partial charge in [-0.05, 0) is 42.0 Å². The Kier molecular flexibility index (Phi) is 7.43. The summed E-state index contributed by atoms with van der Waals surface area (Å²) < 4.78 is 12.8. The fourth-order valence-corrected chi connectivity index (χ4v) is 2.80. The summed E-state index contributed by atoms with van der Waals surface area (Å²) in [5.74, 6) is 0.176. The third-order valence-electron chi connectivity index (χ3n) is 3.24. The maximum atomic E-state index is 12.8. The molecule has 0 saturated carbocycles. The van der Waals surface area contributed by atoms with Gasteiger partial charge in [0, 0.05) is 23.5 Å². The molecule has 25 heavy (non-hydrogen) atoms. The van der Waals surface area contributed by atoms with Crippen LogP contribution in [0.4, 0.5) is 10.1 Å². The first-order valence-electron chi connectivity index (χ1n) is 7.69. The molecule has 0 aromatic heterocycles. The SMILES string of the molecule is O=C(CSCc1ccc(C(=O)NCCO)cc1)Nc1ccc(F)cc1. The normalized spacial score (nSPS) is 10.3. The number of hydrogen-bond donors (Lipinski definition) is 3. The molecular weight excluding hydrogens is 343 g/mol. The van der Waals surface area contributed by atoms with Gasteiger partial charge in [0.1, 0.15) is 5.82 Å². The van der Waals surface area contributed by atoms with E-state index < -0.39 is 0 Å². The summed E-state index contributed by atoms with van der Waals surface area (Å²) in [5, 5.41) is 14.0. The van der Waals surface area contributed by atoms with Crippen molar-refractivity contribution in [1.82, 2.24) is 5.32 Å². The zero-order valence-electron chi connectivity index (χ0n) is 13.5. The number of carbonyl (C=O) groups excluding carboxylic acids is 2. The number of halogens is 1. The van der Waals surface area contributed by atoms with Gasteiger partial charge in [-0.2, -0.15) is 0 Å². The quantitative estimate of drug-likeness (QED) is 0.674. The van der Waals surface area contributed by atoms with Gasteiger partial charge >= 0.3 is 0 Å². The number of nitrogens with one attached hydrogen (secondary N) is 2. The molecule has 0 bridgehead atoms. The van der Waals surface area contributed by atoms with Crippen molar-refractivity contribution in [3.05, 3.63) is 65.5 Å². The van der Waals surface area contributed by atoms with Crippen LogP contribution in [0.1, 0.15) is 15.9 Å². The van der Waals surface area contributed by atoms with Crippen LogP contribution in [0.2, 0.25) is 0 Å². The van der Waals surface area contributed by atoms with Crippen molar-refractivity contribution in [1.29, 1.82) is 0 Å². The highest BCUT2D eigenvalue weighted by molar-refractivity contribution is 7.99. The molecule has 7 heteroatoms. The molecular formula is C18H19FN2O3S. The van der Waals surface area contributed by atoms with E-state index in [0.717, 1.165) is 5.56 Å². The van der Waals surface area contributed by atoms with Crippen LogP contribution in [0.15, 0.2) is 48.5 Å². The third kappa shape index (κ3) is 6.56. The number of benzene rings is 2. The topological polar surface area (TPSA) is 78.4 Å².